The van der Waals surface area contributed by atoms with Gasteiger partial charge in [0.15, 0.2) is 5.82 Å². The molecule has 0 aliphatic rings. The average molecular weight is 333 g/mol. The molecule has 1 N–H and O–H groups in total. The van der Waals surface area contributed by atoms with Crippen molar-refractivity contribution in [1.82, 2.24) is 15.2 Å². The highest BCUT2D eigenvalue weighted by Crippen LogP contribution is 2.24. The van der Waals surface area contributed by atoms with E-state index in [1.807, 2.05) is 17.0 Å². The quantitative estimate of drug-likeness (QED) is 0.733. The molecule has 0 amide bonds. The molecule has 128 valence electrons. The molecule has 3 aromatic rings. The van der Waals surface area contributed by atoms with Crippen LogP contribution in [0.2, 0.25) is 0 Å². The summed E-state index contributed by atoms with van der Waals surface area (Å²) in [7, 11) is 0. The van der Waals surface area contributed by atoms with Crippen LogP contribution in [0.15, 0.2) is 48.7 Å². The molecule has 5 nitrogen and oxygen atoms in total. The van der Waals surface area contributed by atoms with E-state index in [-0.39, 0.29) is 0 Å². The summed E-state index contributed by atoms with van der Waals surface area (Å²) < 4.78 is 0. The first kappa shape index (κ1) is 16.9. The number of anilines is 4. The van der Waals surface area contributed by atoms with E-state index in [4.69, 9.17) is 0 Å². The zero-order valence-electron chi connectivity index (χ0n) is 15.1. The molecule has 0 spiro atoms. The van der Waals surface area contributed by atoms with Gasteiger partial charge in [-0.3, -0.25) is 0 Å². The topological polar surface area (TPSA) is 53.9 Å². The van der Waals surface area contributed by atoms with Crippen LogP contribution < -0.4 is 10.2 Å². The van der Waals surface area contributed by atoms with E-state index in [9.17, 15) is 0 Å². The third-order valence-corrected chi connectivity index (χ3v) is 4.20. The number of hydrogen-bond donors (Lipinski definition) is 1. The van der Waals surface area contributed by atoms with Crippen molar-refractivity contribution in [2.45, 2.75) is 27.7 Å². The van der Waals surface area contributed by atoms with E-state index in [0.29, 0.717) is 11.8 Å². The van der Waals surface area contributed by atoms with Crippen molar-refractivity contribution in [3.8, 4) is 0 Å². The molecule has 3 rings (SSSR count). The maximum absolute atomic E-state index is 4.64. The second-order valence-corrected chi connectivity index (χ2v) is 6.15. The Hall–Kier alpha value is -2.95. The molecule has 2 aromatic carbocycles. The van der Waals surface area contributed by atoms with E-state index in [2.05, 4.69) is 78.5 Å². The summed E-state index contributed by atoms with van der Waals surface area (Å²) in [6.45, 7) is 9.12. The van der Waals surface area contributed by atoms with Gasteiger partial charge in [-0.1, -0.05) is 18.2 Å². The number of nitrogens with one attached hydrogen (secondary N) is 1. The molecule has 0 fully saturated rings. The van der Waals surface area contributed by atoms with Crippen LogP contribution >= 0.6 is 0 Å². The molecule has 0 unspecified atom stereocenters. The van der Waals surface area contributed by atoms with Gasteiger partial charge < -0.3 is 10.2 Å². The number of hydrogen-bond acceptors (Lipinski definition) is 5. The highest BCUT2D eigenvalue weighted by Gasteiger charge is 2.12. The zero-order chi connectivity index (χ0) is 17.8. The Balaban J connectivity index is 1.88. The number of aryl methyl sites for hydroxylation is 3. The second kappa shape index (κ2) is 7.30. The molecular weight excluding hydrogens is 310 g/mol. The van der Waals surface area contributed by atoms with E-state index in [1.165, 1.54) is 16.7 Å². The van der Waals surface area contributed by atoms with E-state index >= 15 is 0 Å². The van der Waals surface area contributed by atoms with Gasteiger partial charge in [0, 0.05) is 17.9 Å². The van der Waals surface area contributed by atoms with Gasteiger partial charge in [-0.25, -0.2) is 0 Å². The van der Waals surface area contributed by atoms with Gasteiger partial charge in [0.05, 0.1) is 6.20 Å². The molecule has 0 aliphatic heterocycles. The Kier molecular flexibility index (Phi) is 4.93. The lowest BCUT2D eigenvalue weighted by Gasteiger charge is -2.21. The van der Waals surface area contributed by atoms with Gasteiger partial charge in [-0.05, 0) is 68.7 Å². The number of aromatic nitrogens is 3. The summed E-state index contributed by atoms with van der Waals surface area (Å²) in [5.74, 6) is 1.27. The second-order valence-electron chi connectivity index (χ2n) is 6.15. The lowest BCUT2D eigenvalue weighted by atomic mass is 10.1. The van der Waals surface area contributed by atoms with Gasteiger partial charge in [0.2, 0.25) is 0 Å². The van der Waals surface area contributed by atoms with Crippen molar-refractivity contribution < 1.29 is 0 Å². The molecule has 1 heterocycles. The van der Waals surface area contributed by atoms with Crippen LogP contribution in [0, 0.1) is 20.8 Å². The Morgan fingerprint density at radius 2 is 1.84 bits per heavy atom. The number of benzene rings is 2. The smallest absolute Gasteiger partial charge is 0.251 e. The fourth-order valence-electron chi connectivity index (χ4n) is 2.67. The minimum absolute atomic E-state index is 0.585. The summed E-state index contributed by atoms with van der Waals surface area (Å²) in [6.07, 6.45) is 1.64. The molecule has 25 heavy (non-hydrogen) atoms. The van der Waals surface area contributed by atoms with Crippen molar-refractivity contribution in [1.29, 1.82) is 0 Å². The fourth-order valence-corrected chi connectivity index (χ4v) is 2.67. The van der Waals surface area contributed by atoms with Crippen LogP contribution in [0.25, 0.3) is 0 Å². The Labute approximate surface area is 148 Å². The summed E-state index contributed by atoms with van der Waals surface area (Å²) in [6, 6.07) is 14.5. The SMILES string of the molecule is CCN(c1cccc(C)c1)c1nncc(Nc2ccc(C)c(C)c2)n1. The predicted molar refractivity (Wildman–Crippen MR) is 103 cm³/mol. The molecule has 0 radical (unpaired) electrons. The minimum atomic E-state index is 0.585. The Morgan fingerprint density at radius 3 is 2.56 bits per heavy atom. The van der Waals surface area contributed by atoms with Crippen molar-refractivity contribution in [2.24, 2.45) is 0 Å². The molecule has 0 atom stereocenters. The maximum Gasteiger partial charge on any atom is 0.251 e. The van der Waals surface area contributed by atoms with E-state index in [0.717, 1.165) is 17.9 Å². The average Bonchev–Trinajstić information content (AvgIpc) is 2.59. The molecule has 0 bridgehead atoms. The van der Waals surface area contributed by atoms with Crippen molar-refractivity contribution >= 4 is 23.1 Å². The highest BCUT2D eigenvalue weighted by molar-refractivity contribution is 5.61. The van der Waals surface area contributed by atoms with E-state index < -0.39 is 0 Å². The van der Waals surface area contributed by atoms with Crippen LogP contribution in [-0.2, 0) is 0 Å². The van der Waals surface area contributed by atoms with Crippen LogP contribution in [0.5, 0.6) is 0 Å². The fraction of sp³-hybridized carbons (Fsp3) is 0.250. The summed E-state index contributed by atoms with van der Waals surface area (Å²) in [5, 5.41) is 11.6. The van der Waals surface area contributed by atoms with E-state index in [1.54, 1.807) is 6.20 Å². The summed E-state index contributed by atoms with van der Waals surface area (Å²) in [4.78, 5) is 6.69. The Morgan fingerprint density at radius 1 is 1.00 bits per heavy atom. The largest absolute Gasteiger partial charge is 0.339 e. The van der Waals surface area contributed by atoms with Crippen LogP contribution in [0.3, 0.4) is 0 Å². The molecule has 5 heteroatoms. The normalized spacial score (nSPS) is 10.6. The van der Waals surface area contributed by atoms with Crippen molar-refractivity contribution in [3.05, 3.63) is 65.4 Å². The first-order chi connectivity index (χ1) is 12.1. The number of rotatable bonds is 5. The van der Waals surface area contributed by atoms with Crippen LogP contribution in [0.4, 0.5) is 23.1 Å². The molecular formula is C20H23N5. The van der Waals surface area contributed by atoms with Crippen LogP contribution in [0.1, 0.15) is 23.6 Å². The third kappa shape index (κ3) is 3.94. The maximum atomic E-state index is 4.64. The lowest BCUT2D eigenvalue weighted by Crippen LogP contribution is -2.19. The molecule has 1 aromatic heterocycles. The Bertz CT molecular complexity index is 875. The highest BCUT2D eigenvalue weighted by atomic mass is 15.3. The standard InChI is InChI=1S/C20H23N5/c1-5-25(18-8-6-7-14(2)11-18)20-23-19(13-21-24-20)22-17-10-9-15(3)16(4)12-17/h6-13H,5H2,1-4H3,(H,22,23,24). The van der Waals surface area contributed by atoms with Gasteiger partial charge in [0.1, 0.15) is 0 Å². The molecule has 0 saturated heterocycles. The van der Waals surface area contributed by atoms with Crippen molar-refractivity contribution in [2.75, 3.05) is 16.8 Å². The lowest BCUT2D eigenvalue weighted by molar-refractivity contribution is 0.886. The van der Waals surface area contributed by atoms with Gasteiger partial charge in [-0.2, -0.15) is 10.1 Å². The number of nitrogens with zero attached hydrogens (tertiary/aromatic N) is 4. The van der Waals surface area contributed by atoms with Crippen LogP contribution in [-0.4, -0.2) is 21.7 Å². The zero-order valence-corrected chi connectivity index (χ0v) is 15.1. The van der Waals surface area contributed by atoms with Gasteiger partial charge >= 0.3 is 0 Å². The molecule has 0 aliphatic carbocycles. The predicted octanol–water partition coefficient (Wildman–Crippen LogP) is 4.70. The third-order valence-electron chi connectivity index (χ3n) is 4.20. The van der Waals surface area contributed by atoms with Crippen molar-refractivity contribution in [3.63, 3.8) is 0 Å². The minimum Gasteiger partial charge on any atom is -0.339 e. The van der Waals surface area contributed by atoms with Gasteiger partial charge in [-0.15, -0.1) is 5.10 Å². The first-order valence-electron chi connectivity index (χ1n) is 8.45. The first-order valence-corrected chi connectivity index (χ1v) is 8.45. The summed E-state index contributed by atoms with van der Waals surface area (Å²) in [5.41, 5.74) is 5.76. The van der Waals surface area contributed by atoms with Gasteiger partial charge in [0.25, 0.3) is 5.95 Å². The monoisotopic (exact) mass is 333 g/mol. The summed E-state index contributed by atoms with van der Waals surface area (Å²) >= 11 is 0. The molecule has 0 saturated carbocycles.